The Morgan fingerprint density at radius 2 is 1.75 bits per heavy atom. The fourth-order valence-electron chi connectivity index (χ4n) is 2.87. The zero-order valence-electron chi connectivity index (χ0n) is 17.0. The highest BCUT2D eigenvalue weighted by atomic mass is 16.5. The number of ketones is 1. The lowest BCUT2D eigenvalue weighted by atomic mass is 9.98. The lowest BCUT2D eigenvalue weighted by Crippen LogP contribution is -2.05. The molecule has 6 heteroatoms. The van der Waals surface area contributed by atoms with Crippen molar-refractivity contribution in [3.05, 3.63) is 47.0 Å². The third kappa shape index (κ3) is 4.57. The Labute approximate surface area is 165 Å². The highest BCUT2D eigenvalue weighted by molar-refractivity contribution is 6.12. The van der Waals surface area contributed by atoms with Crippen LogP contribution in [-0.4, -0.2) is 33.7 Å². The lowest BCUT2D eigenvalue weighted by molar-refractivity contribution is 0.103. The van der Waals surface area contributed by atoms with Crippen LogP contribution >= 0.6 is 0 Å². The summed E-state index contributed by atoms with van der Waals surface area (Å²) >= 11 is 0. The molecular weight excluding hydrogens is 358 g/mol. The van der Waals surface area contributed by atoms with Crippen LogP contribution in [0.1, 0.15) is 36.2 Å². The average molecular weight is 385 g/mol. The molecule has 0 aromatic heterocycles. The van der Waals surface area contributed by atoms with E-state index in [0.717, 1.165) is 0 Å². The van der Waals surface area contributed by atoms with E-state index in [0.29, 0.717) is 58.4 Å². The van der Waals surface area contributed by atoms with E-state index in [1.54, 1.807) is 57.7 Å². The van der Waals surface area contributed by atoms with Gasteiger partial charge in [-0.25, -0.2) is 0 Å². The van der Waals surface area contributed by atoms with Crippen molar-refractivity contribution >= 4 is 17.5 Å². The smallest absolute Gasteiger partial charge is 0.189 e. The molecule has 2 rings (SSSR count). The molecule has 0 bridgehead atoms. The maximum Gasteiger partial charge on any atom is 0.189 e. The highest BCUT2D eigenvalue weighted by Crippen LogP contribution is 2.37. The number of benzene rings is 2. The molecule has 0 aliphatic carbocycles. The van der Waals surface area contributed by atoms with Crippen molar-refractivity contribution in [1.29, 1.82) is 0 Å². The summed E-state index contributed by atoms with van der Waals surface area (Å²) in [7, 11) is 4.69. The molecule has 2 aromatic carbocycles. The normalized spacial score (nSPS) is 11.1. The lowest BCUT2D eigenvalue weighted by Gasteiger charge is -2.14. The zero-order chi connectivity index (χ0) is 20.7. The number of allylic oxidation sites excluding steroid dienone is 1. The minimum Gasteiger partial charge on any atom is -0.497 e. The highest BCUT2D eigenvalue weighted by Gasteiger charge is 2.16. The number of anilines is 1. The fourth-order valence-corrected chi connectivity index (χ4v) is 2.87. The van der Waals surface area contributed by atoms with Crippen LogP contribution in [0.5, 0.6) is 23.0 Å². The fraction of sp³-hybridized carbons (Fsp3) is 0.318. The van der Waals surface area contributed by atoms with Crippen molar-refractivity contribution in [1.82, 2.24) is 0 Å². The van der Waals surface area contributed by atoms with Crippen LogP contribution in [0.25, 0.3) is 6.08 Å². The average Bonchev–Trinajstić information content (AvgIpc) is 2.72. The number of carbonyl (C=O) groups excluding carboxylic acids is 1. The summed E-state index contributed by atoms with van der Waals surface area (Å²) < 4.78 is 21.6. The van der Waals surface area contributed by atoms with Gasteiger partial charge in [-0.2, -0.15) is 0 Å². The molecule has 0 spiro atoms. The molecule has 0 amide bonds. The summed E-state index contributed by atoms with van der Waals surface area (Å²) in [6.07, 6.45) is 2.33. The molecule has 0 aliphatic heterocycles. The predicted octanol–water partition coefficient (Wildman–Crippen LogP) is 4.37. The van der Waals surface area contributed by atoms with E-state index in [4.69, 9.17) is 24.7 Å². The molecule has 0 fully saturated rings. The van der Waals surface area contributed by atoms with Crippen molar-refractivity contribution < 1.29 is 23.7 Å². The largest absolute Gasteiger partial charge is 0.497 e. The summed E-state index contributed by atoms with van der Waals surface area (Å²) in [4.78, 5) is 13.0. The second kappa shape index (κ2) is 9.69. The van der Waals surface area contributed by atoms with Crippen LogP contribution in [0.15, 0.2) is 35.9 Å². The minimum atomic E-state index is -0.110. The van der Waals surface area contributed by atoms with Gasteiger partial charge in [-0.15, -0.1) is 0 Å². The Bertz CT molecular complexity index is 873. The predicted molar refractivity (Wildman–Crippen MR) is 111 cm³/mol. The third-order valence-corrected chi connectivity index (χ3v) is 4.29. The van der Waals surface area contributed by atoms with Crippen molar-refractivity contribution in [3.8, 4) is 23.0 Å². The first-order valence-corrected chi connectivity index (χ1v) is 9.06. The molecule has 6 nitrogen and oxygen atoms in total. The first kappa shape index (κ1) is 21.2. The van der Waals surface area contributed by atoms with Gasteiger partial charge in [-0.05, 0) is 43.7 Å². The summed E-state index contributed by atoms with van der Waals surface area (Å²) in [6, 6.07) is 8.61. The number of ether oxygens (including phenoxy) is 4. The Morgan fingerprint density at radius 3 is 2.29 bits per heavy atom. The molecule has 2 aromatic rings. The Hall–Kier alpha value is -3.15. The van der Waals surface area contributed by atoms with Crippen LogP contribution in [0, 0.1) is 0 Å². The molecule has 0 saturated carbocycles. The van der Waals surface area contributed by atoms with Gasteiger partial charge in [0.2, 0.25) is 0 Å². The molecule has 0 radical (unpaired) electrons. The third-order valence-electron chi connectivity index (χ3n) is 4.29. The van der Waals surface area contributed by atoms with Crippen molar-refractivity contribution in [3.63, 3.8) is 0 Å². The van der Waals surface area contributed by atoms with Crippen molar-refractivity contribution in [2.24, 2.45) is 0 Å². The quantitative estimate of drug-likeness (QED) is 0.392. The van der Waals surface area contributed by atoms with Gasteiger partial charge in [0.05, 0.1) is 33.6 Å². The van der Waals surface area contributed by atoms with Crippen LogP contribution in [-0.2, 0) is 0 Å². The first-order chi connectivity index (χ1) is 13.5. The monoisotopic (exact) mass is 385 g/mol. The number of hydrogen-bond acceptors (Lipinski definition) is 6. The van der Waals surface area contributed by atoms with Crippen molar-refractivity contribution in [2.45, 2.75) is 20.3 Å². The van der Waals surface area contributed by atoms with E-state index >= 15 is 0 Å². The topological polar surface area (TPSA) is 80.0 Å². The van der Waals surface area contributed by atoms with E-state index in [2.05, 4.69) is 0 Å². The Morgan fingerprint density at radius 1 is 1.00 bits per heavy atom. The van der Waals surface area contributed by atoms with E-state index in [1.807, 2.05) is 13.8 Å². The molecule has 0 atom stereocenters. The standard InChI is InChI=1S/C22H27NO5/c1-6-14(21(24)15-8-9-19(28-7-2)18(23)12-15)10-16-11-17(25-3)13-20(26-4)22(16)27-5/h8-13H,6-7,23H2,1-5H3. The van der Waals surface area contributed by atoms with Gasteiger partial charge < -0.3 is 24.7 Å². The van der Waals surface area contributed by atoms with Gasteiger partial charge in [-0.3, -0.25) is 4.79 Å². The number of rotatable bonds is 9. The van der Waals surface area contributed by atoms with E-state index in [1.165, 1.54) is 0 Å². The minimum absolute atomic E-state index is 0.110. The van der Waals surface area contributed by atoms with Crippen LogP contribution in [0.2, 0.25) is 0 Å². The molecule has 0 saturated heterocycles. The molecule has 2 N–H and O–H groups in total. The van der Waals surface area contributed by atoms with E-state index in [-0.39, 0.29) is 5.78 Å². The number of nitrogens with two attached hydrogens (primary N) is 1. The number of hydrogen-bond donors (Lipinski definition) is 1. The summed E-state index contributed by atoms with van der Waals surface area (Å²) in [5.41, 5.74) is 8.25. The maximum absolute atomic E-state index is 13.0. The van der Waals surface area contributed by atoms with Gasteiger partial charge in [0.15, 0.2) is 17.3 Å². The molecule has 28 heavy (non-hydrogen) atoms. The van der Waals surface area contributed by atoms with Gasteiger partial charge in [0.1, 0.15) is 11.5 Å². The molecule has 0 unspecified atom stereocenters. The molecule has 150 valence electrons. The summed E-state index contributed by atoms with van der Waals surface area (Å²) in [6.45, 7) is 4.31. The van der Waals surface area contributed by atoms with Crippen LogP contribution in [0.4, 0.5) is 5.69 Å². The molecular formula is C22H27NO5. The first-order valence-electron chi connectivity index (χ1n) is 9.06. The van der Waals surface area contributed by atoms with Crippen LogP contribution < -0.4 is 24.7 Å². The number of Topliss-reactive ketones (excluding diaryl/α,β-unsaturated/α-hetero) is 1. The Balaban J connectivity index is 2.48. The number of methoxy groups -OCH3 is 3. The number of carbonyl (C=O) groups is 1. The second-order valence-corrected chi connectivity index (χ2v) is 5.99. The Kier molecular flexibility index (Phi) is 7.32. The summed E-state index contributed by atoms with van der Waals surface area (Å²) in [5, 5.41) is 0. The van der Waals surface area contributed by atoms with Gasteiger partial charge in [0, 0.05) is 22.8 Å². The van der Waals surface area contributed by atoms with Gasteiger partial charge in [-0.1, -0.05) is 6.92 Å². The summed E-state index contributed by atoms with van der Waals surface area (Å²) in [5.74, 6) is 2.13. The van der Waals surface area contributed by atoms with Gasteiger partial charge >= 0.3 is 0 Å². The van der Waals surface area contributed by atoms with Crippen molar-refractivity contribution in [2.75, 3.05) is 33.7 Å². The SMILES string of the molecule is CCOc1ccc(C(=O)C(=Cc2cc(OC)cc(OC)c2OC)CC)cc1N. The molecule has 0 heterocycles. The zero-order valence-corrected chi connectivity index (χ0v) is 17.0. The van der Waals surface area contributed by atoms with E-state index < -0.39 is 0 Å². The van der Waals surface area contributed by atoms with Gasteiger partial charge in [0.25, 0.3) is 0 Å². The van der Waals surface area contributed by atoms with Crippen LogP contribution in [0.3, 0.4) is 0 Å². The van der Waals surface area contributed by atoms with E-state index in [9.17, 15) is 4.79 Å². The number of nitrogen functional groups attached to an aromatic ring is 1. The second-order valence-electron chi connectivity index (χ2n) is 5.99. The maximum atomic E-state index is 13.0. The molecule has 0 aliphatic rings.